The highest BCUT2D eigenvalue weighted by molar-refractivity contribution is 5.87. The number of hydrogen-bond donors (Lipinski definition) is 5. The SMILES string of the molecule is C/C1=C/C(=O)N(O)CCCC(N)C(=O)OCC/C(C)=C/C(=O)N(O)CCCC(N)C(=O)OCC/C(C)=C\CC(=O)N(O)CCC(C)C(=O)OCC1. The largest absolute Gasteiger partial charge is 0.465 e. The Balaban J connectivity index is 2.85. The quantitative estimate of drug-likeness (QED) is 0.104. The molecule has 17 nitrogen and oxygen atoms in total. The molecular weight excluding hydrogens is 670 g/mol. The fourth-order valence-electron chi connectivity index (χ4n) is 4.41. The molecule has 17 heteroatoms. The highest BCUT2D eigenvalue weighted by Crippen LogP contribution is 2.11. The molecule has 0 aromatic heterocycles. The lowest BCUT2D eigenvalue weighted by Crippen LogP contribution is -2.34. The molecule has 288 valence electrons. The van der Waals surface area contributed by atoms with Crippen molar-refractivity contribution in [2.24, 2.45) is 17.4 Å². The molecule has 0 fully saturated rings. The van der Waals surface area contributed by atoms with E-state index in [1.54, 1.807) is 33.8 Å². The predicted octanol–water partition coefficient (Wildman–Crippen LogP) is 1.92. The minimum Gasteiger partial charge on any atom is -0.465 e. The van der Waals surface area contributed by atoms with Crippen molar-refractivity contribution in [1.29, 1.82) is 0 Å². The summed E-state index contributed by atoms with van der Waals surface area (Å²) in [6.45, 7) is 6.18. The van der Waals surface area contributed by atoms with E-state index in [9.17, 15) is 44.4 Å². The van der Waals surface area contributed by atoms with E-state index in [0.29, 0.717) is 32.8 Å². The minimum atomic E-state index is -1.01. The zero-order valence-electron chi connectivity index (χ0n) is 30.1. The zero-order chi connectivity index (χ0) is 38.5. The summed E-state index contributed by atoms with van der Waals surface area (Å²) in [7, 11) is 0. The highest BCUT2D eigenvalue weighted by Gasteiger charge is 2.20. The molecule has 1 heterocycles. The number of nitrogens with zero attached hydrogens (tertiary/aromatic N) is 3. The molecule has 0 spiro atoms. The highest BCUT2D eigenvalue weighted by atomic mass is 16.5. The van der Waals surface area contributed by atoms with Crippen molar-refractivity contribution in [3.05, 3.63) is 34.9 Å². The molecular formula is C34H55N5O12. The van der Waals surface area contributed by atoms with Gasteiger partial charge in [0.05, 0.1) is 25.7 Å². The Bertz CT molecular complexity index is 1280. The number of amides is 3. The van der Waals surface area contributed by atoms with Crippen LogP contribution in [0.2, 0.25) is 0 Å². The zero-order valence-corrected chi connectivity index (χ0v) is 30.1. The van der Waals surface area contributed by atoms with Crippen molar-refractivity contribution < 1.29 is 58.6 Å². The van der Waals surface area contributed by atoms with Gasteiger partial charge >= 0.3 is 17.9 Å². The molecule has 0 aromatic rings. The third-order valence-corrected chi connectivity index (χ3v) is 7.94. The summed E-state index contributed by atoms with van der Waals surface area (Å²) in [6, 6.07) is -1.99. The Morgan fingerprint density at radius 2 is 1.02 bits per heavy atom. The van der Waals surface area contributed by atoms with Crippen LogP contribution in [0, 0.1) is 5.92 Å². The summed E-state index contributed by atoms with van der Waals surface area (Å²) >= 11 is 0. The number of hydrogen-bond acceptors (Lipinski definition) is 14. The van der Waals surface area contributed by atoms with Crippen molar-refractivity contribution in [1.82, 2.24) is 15.2 Å². The van der Waals surface area contributed by atoms with Gasteiger partial charge in [-0.3, -0.25) is 44.4 Å². The summed E-state index contributed by atoms with van der Waals surface area (Å²) in [5.41, 5.74) is 13.6. The maximum atomic E-state index is 12.4. The van der Waals surface area contributed by atoms with Crippen molar-refractivity contribution in [2.45, 2.75) is 97.6 Å². The lowest BCUT2D eigenvalue weighted by Gasteiger charge is -2.17. The van der Waals surface area contributed by atoms with E-state index in [1.165, 1.54) is 12.2 Å². The molecule has 1 aliphatic rings. The first-order valence-electron chi connectivity index (χ1n) is 17.0. The van der Waals surface area contributed by atoms with Gasteiger partial charge in [0.15, 0.2) is 0 Å². The van der Waals surface area contributed by atoms with Crippen LogP contribution < -0.4 is 11.5 Å². The maximum Gasteiger partial charge on any atom is 0.322 e. The molecule has 51 heavy (non-hydrogen) atoms. The first kappa shape index (κ1) is 44.9. The van der Waals surface area contributed by atoms with E-state index in [0.717, 1.165) is 5.57 Å². The van der Waals surface area contributed by atoms with E-state index in [4.69, 9.17) is 25.7 Å². The van der Waals surface area contributed by atoms with Gasteiger partial charge in [-0.15, -0.1) is 0 Å². The van der Waals surface area contributed by atoms with E-state index in [2.05, 4.69) is 0 Å². The summed E-state index contributed by atoms with van der Waals surface area (Å²) in [4.78, 5) is 73.9. The Kier molecular flexibility index (Phi) is 21.2. The van der Waals surface area contributed by atoms with E-state index in [1.807, 2.05) is 0 Å². The standard InChI is InChI=1S/C34H55N5O12/c1-23-9-10-29(40)39(48)17-11-26(4)32(43)49-19-13-24(2)21-30(41)37(46)16-6-8-28(36)34(45)51-20-14-25(3)22-31(42)38(47)15-5-7-27(35)33(44)50-18-12-23/h9,21-22,26-28,46-48H,5-8,10-20,35-36H2,1-4H3/b23-9-,24-21-,25-22+. The first-order chi connectivity index (χ1) is 24.0. The average molecular weight is 726 g/mol. The Labute approximate surface area is 298 Å². The summed E-state index contributed by atoms with van der Waals surface area (Å²) in [5.74, 6) is -4.52. The number of esters is 3. The van der Waals surface area contributed by atoms with Gasteiger partial charge in [0.1, 0.15) is 12.1 Å². The number of carbonyl (C=O) groups excluding carboxylic acids is 6. The van der Waals surface area contributed by atoms with Crippen molar-refractivity contribution >= 4 is 35.6 Å². The van der Waals surface area contributed by atoms with Crippen LogP contribution in [0.3, 0.4) is 0 Å². The smallest absolute Gasteiger partial charge is 0.322 e. The van der Waals surface area contributed by atoms with Gasteiger partial charge in [-0.2, -0.15) is 0 Å². The van der Waals surface area contributed by atoms with Gasteiger partial charge in [0.2, 0.25) is 5.91 Å². The topological polar surface area (TPSA) is 253 Å². The van der Waals surface area contributed by atoms with E-state index >= 15 is 0 Å². The lowest BCUT2D eigenvalue weighted by atomic mass is 10.1. The van der Waals surface area contributed by atoms with Crippen LogP contribution >= 0.6 is 0 Å². The van der Waals surface area contributed by atoms with Crippen LogP contribution in [0.5, 0.6) is 0 Å². The molecule has 0 bridgehead atoms. The second-order valence-electron chi connectivity index (χ2n) is 12.6. The molecule has 1 aliphatic heterocycles. The second kappa shape index (κ2) is 24.1. The summed E-state index contributed by atoms with van der Waals surface area (Å²) in [6.07, 6.45) is 5.39. The lowest BCUT2D eigenvalue weighted by molar-refractivity contribution is -0.166. The third-order valence-electron chi connectivity index (χ3n) is 7.94. The van der Waals surface area contributed by atoms with Crippen LogP contribution in [0.4, 0.5) is 0 Å². The minimum absolute atomic E-state index is 0.00690. The molecule has 1 rings (SSSR count). The van der Waals surface area contributed by atoms with Crippen molar-refractivity contribution in [3.8, 4) is 0 Å². The van der Waals surface area contributed by atoms with E-state index < -0.39 is 53.6 Å². The normalized spacial score (nSPS) is 27.6. The third kappa shape index (κ3) is 19.1. The van der Waals surface area contributed by atoms with Gasteiger partial charge < -0.3 is 25.7 Å². The number of ether oxygens (including phenoxy) is 3. The molecule has 0 aromatic carbocycles. The monoisotopic (exact) mass is 725 g/mol. The predicted molar refractivity (Wildman–Crippen MR) is 181 cm³/mol. The van der Waals surface area contributed by atoms with Crippen molar-refractivity contribution in [3.63, 3.8) is 0 Å². The molecule has 0 aliphatic carbocycles. The number of cyclic esters (lactones) is 3. The number of carbonyl (C=O) groups is 6. The Morgan fingerprint density at radius 1 is 0.608 bits per heavy atom. The summed E-state index contributed by atoms with van der Waals surface area (Å²) < 4.78 is 15.6. The summed E-state index contributed by atoms with van der Waals surface area (Å²) in [5, 5.41) is 31.8. The van der Waals surface area contributed by atoms with Gasteiger partial charge in [-0.25, -0.2) is 15.2 Å². The Morgan fingerprint density at radius 3 is 1.47 bits per heavy atom. The molecule has 3 amide bonds. The molecule has 0 saturated heterocycles. The average Bonchev–Trinajstić information content (AvgIpc) is 3.08. The number of hydroxylamine groups is 6. The van der Waals surface area contributed by atoms with Crippen LogP contribution in [0.15, 0.2) is 34.9 Å². The number of nitrogens with two attached hydrogens (primary N) is 2. The second-order valence-corrected chi connectivity index (χ2v) is 12.6. The fraction of sp³-hybridized carbons (Fsp3) is 0.647. The molecule has 0 radical (unpaired) electrons. The maximum absolute atomic E-state index is 12.4. The molecule has 3 atom stereocenters. The van der Waals surface area contributed by atoms with Crippen LogP contribution in [-0.4, -0.2) is 118 Å². The van der Waals surface area contributed by atoms with Crippen LogP contribution in [0.1, 0.15) is 85.5 Å². The van der Waals surface area contributed by atoms with Gasteiger partial charge in [0.25, 0.3) is 11.8 Å². The van der Waals surface area contributed by atoms with Gasteiger partial charge in [-0.05, 0) is 52.9 Å². The molecule has 7 N–H and O–H groups in total. The van der Waals surface area contributed by atoms with Crippen LogP contribution in [0.25, 0.3) is 0 Å². The van der Waals surface area contributed by atoms with Crippen molar-refractivity contribution in [2.75, 3.05) is 39.5 Å². The van der Waals surface area contributed by atoms with Crippen LogP contribution in [-0.2, 0) is 43.0 Å². The van der Waals surface area contributed by atoms with Gasteiger partial charge in [-0.1, -0.05) is 29.7 Å². The number of rotatable bonds is 0. The fourth-order valence-corrected chi connectivity index (χ4v) is 4.41. The first-order valence-corrected chi connectivity index (χ1v) is 17.0. The Hall–Kier alpha value is -4.16. The molecule has 3 unspecified atom stereocenters. The van der Waals surface area contributed by atoms with Gasteiger partial charge in [0, 0.05) is 57.5 Å². The van der Waals surface area contributed by atoms with E-state index in [-0.39, 0.29) is 90.8 Å². The molecule has 0 saturated carbocycles.